The number of carbonyl (C=O) groups excluding carboxylic acids is 2. The summed E-state index contributed by atoms with van der Waals surface area (Å²) >= 11 is 6.03. The number of H-pyrrole nitrogens is 1. The van der Waals surface area contributed by atoms with Crippen molar-refractivity contribution in [3.8, 4) is 11.1 Å². The zero-order valence-electron chi connectivity index (χ0n) is 20.3. The molecule has 2 atom stereocenters. The first-order chi connectivity index (χ1) is 18.2. The number of alkyl halides is 5. The van der Waals surface area contributed by atoms with Gasteiger partial charge in [-0.25, -0.2) is 4.79 Å². The Labute approximate surface area is 223 Å². The van der Waals surface area contributed by atoms with Crippen LogP contribution in [0.4, 0.5) is 22.0 Å². The Hall–Kier alpha value is -3.71. The highest BCUT2D eigenvalue weighted by atomic mass is 35.5. The maximum atomic E-state index is 13.1. The first-order valence-electron chi connectivity index (χ1n) is 11.4. The number of aromatic nitrogens is 2. The van der Waals surface area contributed by atoms with Gasteiger partial charge in [0.25, 0.3) is 11.5 Å². The van der Waals surface area contributed by atoms with E-state index in [-0.39, 0.29) is 12.1 Å². The van der Waals surface area contributed by atoms with Crippen LogP contribution in [-0.4, -0.2) is 57.6 Å². The van der Waals surface area contributed by atoms with Crippen molar-refractivity contribution in [2.75, 3.05) is 6.61 Å². The summed E-state index contributed by atoms with van der Waals surface area (Å²) in [7, 11) is 1.37. The van der Waals surface area contributed by atoms with Crippen LogP contribution in [0, 0.1) is 0 Å². The van der Waals surface area contributed by atoms with E-state index in [9.17, 15) is 41.4 Å². The van der Waals surface area contributed by atoms with Crippen molar-refractivity contribution in [2.24, 2.45) is 7.05 Å². The number of halogens is 6. The highest BCUT2D eigenvalue weighted by Gasteiger charge is 2.58. The van der Waals surface area contributed by atoms with Crippen molar-refractivity contribution in [1.82, 2.24) is 15.1 Å². The lowest BCUT2D eigenvalue weighted by molar-refractivity contribution is -0.294. The number of rotatable bonds is 10. The fourth-order valence-corrected chi connectivity index (χ4v) is 3.74. The molecule has 1 aromatic heterocycles. The van der Waals surface area contributed by atoms with Crippen LogP contribution in [0.5, 0.6) is 0 Å². The Morgan fingerprint density at radius 3 is 2.31 bits per heavy atom. The number of amides is 1. The predicted octanol–water partition coefficient (Wildman–Crippen LogP) is 3.87. The molecule has 0 aliphatic carbocycles. The molecule has 2 aromatic carbocycles. The highest BCUT2D eigenvalue weighted by Crippen LogP contribution is 2.35. The van der Waals surface area contributed by atoms with Crippen molar-refractivity contribution in [1.29, 1.82) is 0 Å². The number of hydrogen-bond donors (Lipinski definition) is 3. The van der Waals surface area contributed by atoms with Crippen LogP contribution in [-0.2, 0) is 23.0 Å². The largest absolute Gasteiger partial charge is 0.457 e. The summed E-state index contributed by atoms with van der Waals surface area (Å²) in [6.07, 6.45) is -8.66. The van der Waals surface area contributed by atoms with Gasteiger partial charge in [-0.05, 0) is 35.2 Å². The van der Waals surface area contributed by atoms with Gasteiger partial charge in [-0.1, -0.05) is 48.0 Å². The van der Waals surface area contributed by atoms with Crippen LogP contribution in [0.1, 0.15) is 22.5 Å². The van der Waals surface area contributed by atoms with Crippen molar-refractivity contribution < 1.29 is 41.4 Å². The monoisotopic (exact) mass is 575 g/mol. The van der Waals surface area contributed by atoms with Crippen molar-refractivity contribution >= 4 is 23.5 Å². The van der Waals surface area contributed by atoms with Crippen molar-refractivity contribution in [2.45, 2.75) is 37.1 Å². The molecular formula is C25H23ClF5N3O5. The van der Waals surface area contributed by atoms with Gasteiger partial charge in [0.15, 0.2) is 12.7 Å². The Bertz CT molecular complexity index is 1370. The van der Waals surface area contributed by atoms with Gasteiger partial charge in [0.1, 0.15) is 5.69 Å². The summed E-state index contributed by atoms with van der Waals surface area (Å²) in [5.74, 6) is -7.81. The first-order valence-corrected chi connectivity index (χ1v) is 11.7. The van der Waals surface area contributed by atoms with E-state index in [1.807, 2.05) is 6.07 Å². The molecule has 0 aliphatic rings. The Balaban J connectivity index is 1.75. The van der Waals surface area contributed by atoms with Gasteiger partial charge >= 0.3 is 18.1 Å². The van der Waals surface area contributed by atoms with E-state index in [0.29, 0.717) is 10.6 Å². The number of esters is 1. The number of carbonyl (C=O) groups is 2. The molecule has 14 heteroatoms. The van der Waals surface area contributed by atoms with Crippen LogP contribution in [0.15, 0.2) is 59.4 Å². The van der Waals surface area contributed by atoms with Crippen molar-refractivity contribution in [3.05, 3.63) is 81.2 Å². The molecule has 8 nitrogen and oxygen atoms in total. The number of nitrogens with zero attached hydrogens (tertiary/aromatic N) is 1. The number of ether oxygens (including phenoxy) is 1. The van der Waals surface area contributed by atoms with E-state index in [4.69, 9.17) is 11.6 Å². The fraction of sp³-hybridized carbons (Fsp3) is 0.320. The van der Waals surface area contributed by atoms with Crippen LogP contribution in [0.25, 0.3) is 11.1 Å². The van der Waals surface area contributed by atoms with E-state index < -0.39 is 54.7 Å². The maximum Gasteiger partial charge on any atom is 0.456 e. The zero-order valence-corrected chi connectivity index (χ0v) is 21.0. The lowest BCUT2D eigenvalue weighted by Gasteiger charge is -2.23. The molecule has 0 bridgehead atoms. The van der Waals surface area contributed by atoms with Gasteiger partial charge in [-0.2, -0.15) is 22.0 Å². The number of aliphatic hydroxyl groups is 1. The molecular weight excluding hydrogens is 553 g/mol. The Morgan fingerprint density at radius 2 is 1.74 bits per heavy atom. The summed E-state index contributed by atoms with van der Waals surface area (Å²) < 4.78 is 68.3. The van der Waals surface area contributed by atoms with Crippen LogP contribution < -0.4 is 10.9 Å². The smallest absolute Gasteiger partial charge is 0.456 e. The minimum absolute atomic E-state index is 0.0156. The second-order valence-corrected chi connectivity index (χ2v) is 9.15. The third kappa shape index (κ3) is 7.90. The quantitative estimate of drug-likeness (QED) is 0.251. The second-order valence-electron chi connectivity index (χ2n) is 8.71. The number of aromatic amines is 1. The van der Waals surface area contributed by atoms with Gasteiger partial charge in [0.2, 0.25) is 0 Å². The Kier molecular flexibility index (Phi) is 9.18. The van der Waals surface area contributed by atoms with E-state index >= 15 is 0 Å². The molecule has 3 rings (SSSR count). The van der Waals surface area contributed by atoms with Gasteiger partial charge in [0, 0.05) is 30.6 Å². The van der Waals surface area contributed by atoms with E-state index in [2.05, 4.69) is 15.2 Å². The topological polar surface area (TPSA) is 113 Å². The van der Waals surface area contributed by atoms with Crippen LogP contribution >= 0.6 is 11.6 Å². The van der Waals surface area contributed by atoms with Gasteiger partial charge < -0.3 is 15.2 Å². The SMILES string of the molecule is Cn1[nH]c(C(=O)N[C@H](Cc2ccc(-c3cccc(Cl)c3)cc2)CC(O)C(=O)OCC(F)(F)C(F)(F)F)cc1=O. The molecule has 0 saturated carbocycles. The lowest BCUT2D eigenvalue weighted by atomic mass is 9.97. The number of hydrogen-bond acceptors (Lipinski definition) is 5. The van der Waals surface area contributed by atoms with E-state index in [0.717, 1.165) is 21.9 Å². The standard InChI is InChI=1S/C25H23ClF5N3O5/c1-34-21(36)12-19(33-34)22(37)32-18(11-20(35)23(38)39-13-24(27,28)25(29,30)31)9-14-5-7-15(8-6-14)16-3-2-4-17(26)10-16/h2-8,10,12,18,20,33,35H,9,11,13H2,1H3,(H,32,37)/t18-,20?/m1/s1. The number of aryl methyl sites for hydroxylation is 1. The zero-order chi connectivity index (χ0) is 29.0. The normalized spacial score (nSPS) is 13.5. The van der Waals surface area contributed by atoms with Crippen LogP contribution in [0.2, 0.25) is 5.02 Å². The Morgan fingerprint density at radius 1 is 1.08 bits per heavy atom. The third-order valence-corrected chi connectivity index (χ3v) is 5.89. The number of nitrogens with one attached hydrogen (secondary N) is 2. The molecule has 0 radical (unpaired) electrons. The molecule has 1 unspecified atom stereocenters. The minimum atomic E-state index is -5.95. The van der Waals surface area contributed by atoms with Crippen molar-refractivity contribution in [3.63, 3.8) is 0 Å². The van der Waals surface area contributed by atoms with Crippen LogP contribution in [0.3, 0.4) is 0 Å². The number of benzene rings is 2. The van der Waals surface area contributed by atoms with Gasteiger partial charge in [-0.15, -0.1) is 0 Å². The summed E-state index contributed by atoms with van der Waals surface area (Å²) in [5, 5.41) is 15.8. The predicted molar refractivity (Wildman–Crippen MR) is 130 cm³/mol. The minimum Gasteiger partial charge on any atom is -0.457 e. The molecule has 3 aromatic rings. The maximum absolute atomic E-state index is 13.1. The fourth-order valence-electron chi connectivity index (χ4n) is 3.55. The average molecular weight is 576 g/mol. The number of aliphatic hydroxyl groups excluding tert-OH is 1. The highest BCUT2D eigenvalue weighted by molar-refractivity contribution is 6.30. The van der Waals surface area contributed by atoms with Gasteiger partial charge in [0.05, 0.1) is 0 Å². The first kappa shape index (κ1) is 29.8. The summed E-state index contributed by atoms with van der Waals surface area (Å²) in [6.45, 7) is -2.31. The van der Waals surface area contributed by atoms with E-state index in [1.54, 1.807) is 42.5 Å². The molecule has 3 N–H and O–H groups in total. The summed E-state index contributed by atoms with van der Waals surface area (Å²) in [5.41, 5.74) is 1.63. The molecule has 0 fully saturated rings. The molecule has 210 valence electrons. The second kappa shape index (κ2) is 12.0. The molecule has 1 amide bonds. The van der Waals surface area contributed by atoms with Gasteiger partial charge in [-0.3, -0.25) is 19.4 Å². The average Bonchev–Trinajstić information content (AvgIpc) is 3.20. The molecule has 0 spiro atoms. The molecule has 0 aliphatic heterocycles. The summed E-state index contributed by atoms with van der Waals surface area (Å²) in [4.78, 5) is 36.3. The molecule has 39 heavy (non-hydrogen) atoms. The summed E-state index contributed by atoms with van der Waals surface area (Å²) in [6, 6.07) is 14.0. The lowest BCUT2D eigenvalue weighted by Crippen LogP contribution is -2.44. The molecule has 0 saturated heterocycles. The molecule has 1 heterocycles. The van der Waals surface area contributed by atoms with E-state index in [1.165, 1.54) is 7.05 Å². The third-order valence-electron chi connectivity index (χ3n) is 5.65.